The van der Waals surface area contributed by atoms with Crippen molar-refractivity contribution in [3.8, 4) is 0 Å². The minimum Gasteiger partial charge on any atom is -0.402 e. The van der Waals surface area contributed by atoms with Crippen LogP contribution in [0.25, 0.3) is 0 Å². The SMILES string of the molecule is C=C(N)CC(C(=C)C)C(C)C. The molecular formula is C10H19N. The van der Waals surface area contributed by atoms with Crippen LogP contribution in [0.4, 0.5) is 0 Å². The normalized spacial score (nSPS) is 13.1. The molecule has 0 aliphatic rings. The van der Waals surface area contributed by atoms with Crippen LogP contribution in [0, 0.1) is 11.8 Å². The van der Waals surface area contributed by atoms with Crippen molar-refractivity contribution in [1.29, 1.82) is 0 Å². The van der Waals surface area contributed by atoms with Crippen LogP contribution in [0.1, 0.15) is 27.2 Å². The van der Waals surface area contributed by atoms with Crippen molar-refractivity contribution in [2.75, 3.05) is 0 Å². The average molecular weight is 153 g/mol. The first-order valence-electron chi connectivity index (χ1n) is 4.03. The summed E-state index contributed by atoms with van der Waals surface area (Å²) in [7, 11) is 0. The third-order valence-electron chi connectivity index (χ3n) is 1.92. The zero-order valence-electron chi connectivity index (χ0n) is 7.85. The van der Waals surface area contributed by atoms with E-state index in [1.54, 1.807) is 0 Å². The van der Waals surface area contributed by atoms with Gasteiger partial charge in [-0.25, -0.2) is 0 Å². The molecule has 1 atom stereocenters. The molecule has 0 amide bonds. The molecule has 0 radical (unpaired) electrons. The smallest absolute Gasteiger partial charge is 0.00136 e. The molecule has 1 unspecified atom stereocenters. The van der Waals surface area contributed by atoms with Gasteiger partial charge in [-0.05, 0) is 25.2 Å². The summed E-state index contributed by atoms with van der Waals surface area (Å²) in [5.41, 5.74) is 7.49. The van der Waals surface area contributed by atoms with Gasteiger partial charge >= 0.3 is 0 Å². The Hall–Kier alpha value is -0.720. The van der Waals surface area contributed by atoms with Crippen molar-refractivity contribution >= 4 is 0 Å². The van der Waals surface area contributed by atoms with E-state index in [9.17, 15) is 0 Å². The van der Waals surface area contributed by atoms with E-state index in [2.05, 4.69) is 27.0 Å². The molecule has 0 spiro atoms. The van der Waals surface area contributed by atoms with E-state index in [0.29, 0.717) is 11.8 Å². The number of nitrogens with two attached hydrogens (primary N) is 1. The summed E-state index contributed by atoms with van der Waals surface area (Å²) in [6.45, 7) is 14.0. The molecule has 0 heterocycles. The van der Waals surface area contributed by atoms with Gasteiger partial charge in [-0.3, -0.25) is 0 Å². The first kappa shape index (κ1) is 10.3. The molecule has 0 rings (SSSR count). The lowest BCUT2D eigenvalue weighted by Crippen LogP contribution is -2.13. The lowest BCUT2D eigenvalue weighted by molar-refractivity contribution is 0.439. The molecule has 2 N–H and O–H groups in total. The monoisotopic (exact) mass is 153 g/mol. The quantitative estimate of drug-likeness (QED) is 0.617. The molecule has 1 heteroatoms. The largest absolute Gasteiger partial charge is 0.402 e. The Morgan fingerprint density at radius 3 is 1.91 bits per heavy atom. The van der Waals surface area contributed by atoms with Gasteiger partial charge in [0.25, 0.3) is 0 Å². The third kappa shape index (κ3) is 3.87. The van der Waals surface area contributed by atoms with Gasteiger partial charge in [0.2, 0.25) is 0 Å². The Labute approximate surface area is 70.0 Å². The average Bonchev–Trinajstić information content (AvgIpc) is 1.81. The van der Waals surface area contributed by atoms with Crippen LogP contribution in [-0.4, -0.2) is 0 Å². The Kier molecular flexibility index (Phi) is 3.94. The van der Waals surface area contributed by atoms with Crippen LogP contribution in [0.3, 0.4) is 0 Å². The maximum Gasteiger partial charge on any atom is 0.00136 e. The Balaban J connectivity index is 4.12. The van der Waals surface area contributed by atoms with Gasteiger partial charge in [0.1, 0.15) is 0 Å². The lowest BCUT2D eigenvalue weighted by Gasteiger charge is -2.20. The van der Waals surface area contributed by atoms with E-state index in [0.717, 1.165) is 12.1 Å². The molecule has 0 aliphatic carbocycles. The Bertz CT molecular complexity index is 156. The van der Waals surface area contributed by atoms with Gasteiger partial charge in [0, 0.05) is 5.70 Å². The van der Waals surface area contributed by atoms with Crippen molar-refractivity contribution in [3.05, 3.63) is 24.4 Å². The van der Waals surface area contributed by atoms with Gasteiger partial charge < -0.3 is 5.73 Å². The molecule has 11 heavy (non-hydrogen) atoms. The van der Waals surface area contributed by atoms with Crippen molar-refractivity contribution in [1.82, 2.24) is 0 Å². The number of rotatable bonds is 4. The zero-order valence-corrected chi connectivity index (χ0v) is 7.85. The summed E-state index contributed by atoms with van der Waals surface area (Å²) < 4.78 is 0. The van der Waals surface area contributed by atoms with Crippen molar-refractivity contribution in [3.63, 3.8) is 0 Å². The van der Waals surface area contributed by atoms with Crippen molar-refractivity contribution in [2.24, 2.45) is 17.6 Å². The topological polar surface area (TPSA) is 26.0 Å². The van der Waals surface area contributed by atoms with Crippen LogP contribution < -0.4 is 5.73 Å². The number of hydrogen-bond acceptors (Lipinski definition) is 1. The van der Waals surface area contributed by atoms with Crippen LogP contribution in [0.5, 0.6) is 0 Å². The van der Waals surface area contributed by atoms with Gasteiger partial charge in [0.05, 0.1) is 0 Å². The molecule has 0 saturated carbocycles. The zero-order chi connectivity index (χ0) is 9.02. The van der Waals surface area contributed by atoms with E-state index >= 15 is 0 Å². The predicted molar refractivity (Wildman–Crippen MR) is 51.1 cm³/mol. The highest BCUT2D eigenvalue weighted by Crippen LogP contribution is 2.23. The minimum absolute atomic E-state index is 0.493. The van der Waals surface area contributed by atoms with Crippen molar-refractivity contribution < 1.29 is 0 Å². The molecule has 1 nitrogen and oxygen atoms in total. The highest BCUT2D eigenvalue weighted by Gasteiger charge is 2.13. The molecule has 0 aliphatic heterocycles. The standard InChI is InChI=1S/C10H19N/c1-7(2)10(8(3)4)6-9(5)11/h8,10H,1,5-6,11H2,2-4H3. The van der Waals surface area contributed by atoms with Crippen LogP contribution in [-0.2, 0) is 0 Å². The van der Waals surface area contributed by atoms with Crippen LogP contribution in [0.2, 0.25) is 0 Å². The fraction of sp³-hybridized carbons (Fsp3) is 0.600. The summed E-state index contributed by atoms with van der Waals surface area (Å²) in [5, 5.41) is 0. The van der Waals surface area contributed by atoms with E-state index < -0.39 is 0 Å². The summed E-state index contributed by atoms with van der Waals surface area (Å²) in [6.07, 6.45) is 0.868. The molecule has 0 aromatic heterocycles. The first-order valence-corrected chi connectivity index (χ1v) is 4.03. The molecule has 0 fully saturated rings. The summed E-state index contributed by atoms with van der Waals surface area (Å²) in [4.78, 5) is 0. The summed E-state index contributed by atoms with van der Waals surface area (Å²) >= 11 is 0. The Morgan fingerprint density at radius 2 is 1.82 bits per heavy atom. The minimum atomic E-state index is 0.493. The molecule has 64 valence electrons. The highest BCUT2D eigenvalue weighted by atomic mass is 14.6. The van der Waals surface area contributed by atoms with Gasteiger partial charge in [-0.2, -0.15) is 0 Å². The van der Waals surface area contributed by atoms with E-state index in [-0.39, 0.29) is 0 Å². The summed E-state index contributed by atoms with van der Waals surface area (Å²) in [5.74, 6) is 1.10. The lowest BCUT2D eigenvalue weighted by atomic mass is 9.86. The molecular weight excluding hydrogens is 134 g/mol. The second-order valence-corrected chi connectivity index (χ2v) is 3.56. The second kappa shape index (κ2) is 4.22. The molecule has 0 bridgehead atoms. The van der Waals surface area contributed by atoms with E-state index in [1.807, 2.05) is 6.92 Å². The number of allylic oxidation sites excluding steroid dienone is 2. The maximum atomic E-state index is 5.53. The molecule has 0 saturated heterocycles. The van der Waals surface area contributed by atoms with Gasteiger partial charge in [-0.15, -0.1) is 0 Å². The third-order valence-corrected chi connectivity index (χ3v) is 1.92. The Morgan fingerprint density at radius 1 is 1.36 bits per heavy atom. The fourth-order valence-electron chi connectivity index (χ4n) is 1.26. The summed E-state index contributed by atoms with van der Waals surface area (Å²) in [6, 6.07) is 0. The fourth-order valence-corrected chi connectivity index (χ4v) is 1.26. The second-order valence-electron chi connectivity index (χ2n) is 3.56. The van der Waals surface area contributed by atoms with Gasteiger partial charge in [0.15, 0.2) is 0 Å². The van der Waals surface area contributed by atoms with E-state index in [1.165, 1.54) is 5.57 Å². The molecule has 0 aromatic rings. The van der Waals surface area contributed by atoms with E-state index in [4.69, 9.17) is 5.73 Å². The maximum absolute atomic E-state index is 5.53. The predicted octanol–water partition coefficient (Wildman–Crippen LogP) is 2.70. The van der Waals surface area contributed by atoms with Gasteiger partial charge in [-0.1, -0.05) is 32.6 Å². The molecule has 0 aromatic carbocycles. The first-order chi connectivity index (χ1) is 4.95. The highest BCUT2D eigenvalue weighted by molar-refractivity contribution is 5.03. The number of hydrogen-bond donors (Lipinski definition) is 1. The van der Waals surface area contributed by atoms with Crippen LogP contribution >= 0.6 is 0 Å². The van der Waals surface area contributed by atoms with Crippen molar-refractivity contribution in [2.45, 2.75) is 27.2 Å². The van der Waals surface area contributed by atoms with Crippen LogP contribution in [0.15, 0.2) is 24.4 Å².